The number of hydrogen-bond acceptors (Lipinski definition) is 6. The van der Waals surface area contributed by atoms with Crippen molar-refractivity contribution in [3.63, 3.8) is 0 Å². The fraction of sp³-hybridized carbons (Fsp3) is 0.389. The number of nitrogens with one attached hydrogen (secondary N) is 1. The maximum absolute atomic E-state index is 12.5. The molecule has 0 bridgehead atoms. The van der Waals surface area contributed by atoms with Gasteiger partial charge in [0.05, 0.1) is 5.92 Å². The Morgan fingerprint density at radius 2 is 2.23 bits per heavy atom. The van der Waals surface area contributed by atoms with Crippen LogP contribution in [0, 0.1) is 12.8 Å². The van der Waals surface area contributed by atoms with Gasteiger partial charge in [0.2, 0.25) is 0 Å². The first kappa shape index (κ1) is 18.3. The standard InChI is InChI=1S/C18H19ClN2O5/c1-3-14(17(22)20-16-6-10(2)26-21-16)25-18(23)12-7-11-8-13(19)4-5-15(11)24-9-12/h4-6,8,12,14H,3,7,9H2,1-2H3,(H,20,21,22)/t12-,14+/m0/s1. The minimum absolute atomic E-state index is 0.202. The Balaban J connectivity index is 1.61. The number of hydrogen-bond donors (Lipinski definition) is 1. The molecular weight excluding hydrogens is 360 g/mol. The molecule has 2 heterocycles. The number of aromatic nitrogens is 1. The molecule has 7 nitrogen and oxygen atoms in total. The lowest BCUT2D eigenvalue weighted by Crippen LogP contribution is -2.37. The van der Waals surface area contributed by atoms with E-state index in [4.69, 9.17) is 25.6 Å². The number of carbonyl (C=O) groups is 2. The topological polar surface area (TPSA) is 90.7 Å². The first-order chi connectivity index (χ1) is 12.5. The van der Waals surface area contributed by atoms with E-state index in [2.05, 4.69) is 10.5 Å². The zero-order chi connectivity index (χ0) is 18.7. The van der Waals surface area contributed by atoms with E-state index in [9.17, 15) is 9.59 Å². The average molecular weight is 379 g/mol. The molecule has 1 N–H and O–H groups in total. The summed E-state index contributed by atoms with van der Waals surface area (Å²) in [6.07, 6.45) is -0.125. The Hall–Kier alpha value is -2.54. The number of nitrogens with zero attached hydrogens (tertiary/aromatic N) is 1. The normalized spacial score (nSPS) is 17.0. The fourth-order valence-electron chi connectivity index (χ4n) is 2.71. The lowest BCUT2D eigenvalue weighted by Gasteiger charge is -2.25. The molecule has 0 radical (unpaired) electrons. The van der Waals surface area contributed by atoms with Gasteiger partial charge in [0.25, 0.3) is 5.91 Å². The molecule has 0 spiro atoms. The van der Waals surface area contributed by atoms with Crippen LogP contribution in [0.15, 0.2) is 28.8 Å². The van der Waals surface area contributed by atoms with E-state index in [1.807, 2.05) is 0 Å². The smallest absolute Gasteiger partial charge is 0.313 e. The molecule has 1 aliphatic heterocycles. The van der Waals surface area contributed by atoms with Gasteiger partial charge in [-0.3, -0.25) is 9.59 Å². The van der Waals surface area contributed by atoms with Gasteiger partial charge < -0.3 is 19.3 Å². The molecule has 138 valence electrons. The molecule has 1 aromatic carbocycles. The molecule has 3 rings (SSSR count). The van der Waals surface area contributed by atoms with Crippen LogP contribution in [0.3, 0.4) is 0 Å². The number of rotatable bonds is 5. The van der Waals surface area contributed by atoms with Gasteiger partial charge in [-0.1, -0.05) is 23.7 Å². The molecule has 1 aromatic heterocycles. The van der Waals surface area contributed by atoms with E-state index in [-0.39, 0.29) is 12.4 Å². The first-order valence-electron chi connectivity index (χ1n) is 8.32. The second-order valence-corrected chi connectivity index (χ2v) is 6.55. The Morgan fingerprint density at radius 1 is 1.42 bits per heavy atom. The Bertz CT molecular complexity index is 820. The predicted molar refractivity (Wildman–Crippen MR) is 94.2 cm³/mol. The second kappa shape index (κ2) is 7.78. The molecule has 0 saturated carbocycles. The zero-order valence-electron chi connectivity index (χ0n) is 14.5. The van der Waals surface area contributed by atoms with E-state index in [0.29, 0.717) is 29.4 Å². The zero-order valence-corrected chi connectivity index (χ0v) is 15.2. The second-order valence-electron chi connectivity index (χ2n) is 6.11. The molecule has 0 aliphatic carbocycles. The van der Waals surface area contributed by atoms with Crippen molar-refractivity contribution >= 4 is 29.3 Å². The summed E-state index contributed by atoms with van der Waals surface area (Å²) in [5.74, 6) is 0.152. The molecule has 0 fully saturated rings. The van der Waals surface area contributed by atoms with Crippen molar-refractivity contribution in [1.29, 1.82) is 0 Å². The van der Waals surface area contributed by atoms with Crippen LogP contribution in [-0.4, -0.2) is 29.7 Å². The van der Waals surface area contributed by atoms with Crippen molar-refractivity contribution in [3.8, 4) is 5.75 Å². The van der Waals surface area contributed by atoms with E-state index < -0.39 is 23.9 Å². The van der Waals surface area contributed by atoms with Gasteiger partial charge in [-0.05, 0) is 43.5 Å². The van der Waals surface area contributed by atoms with Crippen LogP contribution in [0.2, 0.25) is 5.02 Å². The Morgan fingerprint density at radius 3 is 2.92 bits per heavy atom. The van der Waals surface area contributed by atoms with Gasteiger partial charge in [0.15, 0.2) is 11.9 Å². The number of benzene rings is 1. The highest BCUT2D eigenvalue weighted by Crippen LogP contribution is 2.30. The summed E-state index contributed by atoms with van der Waals surface area (Å²) in [6.45, 7) is 3.68. The molecule has 1 amide bonds. The number of halogens is 1. The average Bonchev–Trinajstić information content (AvgIpc) is 3.03. The van der Waals surface area contributed by atoms with Gasteiger partial charge in [0, 0.05) is 11.1 Å². The number of esters is 1. The minimum atomic E-state index is -0.916. The van der Waals surface area contributed by atoms with Crippen molar-refractivity contribution in [2.45, 2.75) is 32.8 Å². The van der Waals surface area contributed by atoms with Crippen LogP contribution in [0.25, 0.3) is 0 Å². The van der Waals surface area contributed by atoms with Gasteiger partial charge in [-0.2, -0.15) is 0 Å². The number of amides is 1. The molecule has 2 aromatic rings. The van der Waals surface area contributed by atoms with Crippen molar-refractivity contribution in [3.05, 3.63) is 40.6 Å². The Labute approximate surface area is 155 Å². The van der Waals surface area contributed by atoms with Crippen molar-refractivity contribution in [2.24, 2.45) is 5.92 Å². The van der Waals surface area contributed by atoms with Crippen LogP contribution >= 0.6 is 11.6 Å². The summed E-state index contributed by atoms with van der Waals surface area (Å²) in [5.41, 5.74) is 0.848. The molecule has 0 saturated heterocycles. The minimum Gasteiger partial charge on any atom is -0.492 e. The van der Waals surface area contributed by atoms with Crippen LogP contribution in [0.1, 0.15) is 24.7 Å². The lowest BCUT2D eigenvalue weighted by molar-refractivity contribution is -0.159. The summed E-state index contributed by atoms with van der Waals surface area (Å²) < 4.78 is 15.9. The number of fused-ring (bicyclic) bond motifs is 1. The lowest BCUT2D eigenvalue weighted by atomic mass is 9.97. The third-order valence-corrected chi connectivity index (χ3v) is 4.30. The molecular formula is C18H19ClN2O5. The number of carbonyl (C=O) groups excluding carboxylic acids is 2. The van der Waals surface area contributed by atoms with Crippen molar-refractivity contribution < 1.29 is 23.6 Å². The molecule has 8 heteroatoms. The van der Waals surface area contributed by atoms with Crippen molar-refractivity contribution in [2.75, 3.05) is 11.9 Å². The molecule has 26 heavy (non-hydrogen) atoms. The molecule has 1 aliphatic rings. The highest BCUT2D eigenvalue weighted by atomic mass is 35.5. The number of aryl methyl sites for hydroxylation is 1. The van der Waals surface area contributed by atoms with E-state index in [0.717, 1.165) is 5.56 Å². The van der Waals surface area contributed by atoms with E-state index >= 15 is 0 Å². The largest absolute Gasteiger partial charge is 0.492 e. The maximum atomic E-state index is 12.5. The number of ether oxygens (including phenoxy) is 2. The summed E-state index contributed by atoms with van der Waals surface area (Å²) in [5, 5.41) is 6.85. The maximum Gasteiger partial charge on any atom is 0.313 e. The Kier molecular flexibility index (Phi) is 5.46. The van der Waals surface area contributed by atoms with Crippen LogP contribution in [0.4, 0.5) is 5.82 Å². The van der Waals surface area contributed by atoms with Gasteiger partial charge in [-0.25, -0.2) is 0 Å². The fourth-order valence-corrected chi connectivity index (χ4v) is 2.90. The molecule has 2 atom stereocenters. The monoisotopic (exact) mass is 378 g/mol. The highest BCUT2D eigenvalue weighted by molar-refractivity contribution is 6.30. The summed E-state index contributed by atoms with van der Waals surface area (Å²) in [4.78, 5) is 24.8. The summed E-state index contributed by atoms with van der Waals surface area (Å²) in [7, 11) is 0. The van der Waals surface area contributed by atoms with Gasteiger partial charge in [0.1, 0.15) is 18.1 Å². The quantitative estimate of drug-likeness (QED) is 0.804. The first-order valence-corrected chi connectivity index (χ1v) is 8.70. The number of anilines is 1. The van der Waals surface area contributed by atoms with Crippen LogP contribution < -0.4 is 10.1 Å². The summed E-state index contributed by atoms with van der Waals surface area (Å²) >= 11 is 5.99. The van der Waals surface area contributed by atoms with E-state index in [1.165, 1.54) is 0 Å². The summed E-state index contributed by atoms with van der Waals surface area (Å²) in [6, 6.07) is 6.87. The highest BCUT2D eigenvalue weighted by Gasteiger charge is 2.31. The van der Waals surface area contributed by atoms with Gasteiger partial charge >= 0.3 is 5.97 Å². The van der Waals surface area contributed by atoms with Crippen LogP contribution in [-0.2, 0) is 20.7 Å². The van der Waals surface area contributed by atoms with Gasteiger partial charge in [-0.15, -0.1) is 0 Å². The van der Waals surface area contributed by atoms with E-state index in [1.54, 1.807) is 38.1 Å². The third-order valence-electron chi connectivity index (χ3n) is 4.06. The van der Waals surface area contributed by atoms with Crippen LogP contribution in [0.5, 0.6) is 5.75 Å². The third kappa shape index (κ3) is 4.16. The predicted octanol–water partition coefficient (Wildman–Crippen LogP) is 3.15. The SMILES string of the molecule is CC[C@@H](OC(=O)[C@@H]1COc2ccc(Cl)cc2C1)C(=O)Nc1cc(C)on1. The molecule has 0 unspecified atom stereocenters. The van der Waals surface area contributed by atoms with Crippen molar-refractivity contribution in [1.82, 2.24) is 5.16 Å².